The second-order valence-corrected chi connectivity index (χ2v) is 6.43. The van der Waals surface area contributed by atoms with Gasteiger partial charge in [0, 0.05) is 23.3 Å². The van der Waals surface area contributed by atoms with Crippen molar-refractivity contribution in [1.82, 2.24) is 0 Å². The number of nitro groups is 1. The topological polar surface area (TPSA) is 105 Å². The van der Waals surface area contributed by atoms with Crippen LogP contribution in [0.5, 0.6) is 11.5 Å². The van der Waals surface area contributed by atoms with Gasteiger partial charge >= 0.3 is 5.97 Å². The van der Waals surface area contributed by atoms with Crippen molar-refractivity contribution in [3.05, 3.63) is 99.6 Å². The number of carbonyl (C=O) groups excluding carboxylic acids is 2. The molecule has 0 saturated carbocycles. The molecule has 0 aromatic heterocycles. The van der Waals surface area contributed by atoms with E-state index in [0.717, 1.165) is 0 Å². The zero-order chi connectivity index (χ0) is 22.4. The van der Waals surface area contributed by atoms with Crippen molar-refractivity contribution in [2.75, 3.05) is 14.2 Å². The zero-order valence-corrected chi connectivity index (χ0v) is 16.8. The van der Waals surface area contributed by atoms with Gasteiger partial charge in [0.15, 0.2) is 17.6 Å². The van der Waals surface area contributed by atoms with Gasteiger partial charge in [0.2, 0.25) is 5.78 Å². The normalized spacial score (nSPS) is 11.3. The molecule has 0 spiro atoms. The number of nitro benzene ring substituents is 1. The van der Waals surface area contributed by atoms with E-state index in [1.807, 2.05) is 0 Å². The highest BCUT2D eigenvalue weighted by atomic mass is 16.6. The third-order valence-electron chi connectivity index (χ3n) is 4.55. The van der Waals surface area contributed by atoms with E-state index in [2.05, 4.69) is 0 Å². The van der Waals surface area contributed by atoms with Crippen LogP contribution < -0.4 is 9.47 Å². The molecule has 0 amide bonds. The van der Waals surface area contributed by atoms with Gasteiger partial charge in [-0.2, -0.15) is 0 Å². The Morgan fingerprint density at radius 1 is 0.839 bits per heavy atom. The van der Waals surface area contributed by atoms with Crippen molar-refractivity contribution < 1.29 is 28.7 Å². The van der Waals surface area contributed by atoms with Crippen LogP contribution in [0.25, 0.3) is 0 Å². The number of methoxy groups -OCH3 is 2. The Morgan fingerprint density at radius 3 is 2.06 bits per heavy atom. The Hall–Kier alpha value is -4.20. The van der Waals surface area contributed by atoms with Gasteiger partial charge in [0.05, 0.1) is 24.7 Å². The molecule has 3 aromatic rings. The molecule has 8 nitrogen and oxygen atoms in total. The van der Waals surface area contributed by atoms with Gasteiger partial charge in [-0.1, -0.05) is 30.3 Å². The van der Waals surface area contributed by atoms with E-state index in [0.29, 0.717) is 22.6 Å². The maximum absolute atomic E-state index is 13.1. The van der Waals surface area contributed by atoms with E-state index in [1.165, 1.54) is 50.6 Å². The predicted octanol–water partition coefficient (Wildman–Crippen LogP) is 4.39. The fourth-order valence-corrected chi connectivity index (χ4v) is 2.94. The molecule has 0 radical (unpaired) electrons. The lowest BCUT2D eigenvalue weighted by molar-refractivity contribution is -0.384. The number of carbonyl (C=O) groups is 2. The van der Waals surface area contributed by atoms with Crippen molar-refractivity contribution in [3.63, 3.8) is 0 Å². The highest BCUT2D eigenvalue weighted by Crippen LogP contribution is 2.30. The predicted molar refractivity (Wildman–Crippen MR) is 112 cm³/mol. The minimum atomic E-state index is -1.29. The minimum absolute atomic E-state index is 0.138. The summed E-state index contributed by atoms with van der Waals surface area (Å²) in [5, 5.41) is 10.9. The fourth-order valence-electron chi connectivity index (χ4n) is 2.94. The number of hydrogen-bond donors (Lipinski definition) is 0. The Labute approximate surface area is 178 Å². The van der Waals surface area contributed by atoms with E-state index in [4.69, 9.17) is 14.2 Å². The van der Waals surface area contributed by atoms with Crippen LogP contribution >= 0.6 is 0 Å². The summed E-state index contributed by atoms with van der Waals surface area (Å²) in [7, 11) is 2.91. The molecule has 158 valence electrons. The first-order valence-corrected chi connectivity index (χ1v) is 9.21. The summed E-state index contributed by atoms with van der Waals surface area (Å²) in [5.41, 5.74) is 0.672. The lowest BCUT2D eigenvalue weighted by Crippen LogP contribution is -2.20. The summed E-state index contributed by atoms with van der Waals surface area (Å²) in [6.07, 6.45) is -1.29. The number of non-ortho nitro benzene ring substituents is 1. The molecular weight excluding hydrogens is 402 g/mol. The Kier molecular flexibility index (Phi) is 6.61. The van der Waals surface area contributed by atoms with Crippen molar-refractivity contribution in [2.45, 2.75) is 6.10 Å². The average molecular weight is 421 g/mol. The molecule has 3 rings (SSSR count). The van der Waals surface area contributed by atoms with Crippen LogP contribution in [-0.2, 0) is 4.74 Å². The van der Waals surface area contributed by atoms with Crippen LogP contribution in [0.3, 0.4) is 0 Å². The molecule has 0 aliphatic heterocycles. The molecule has 0 unspecified atom stereocenters. The van der Waals surface area contributed by atoms with E-state index < -0.39 is 22.8 Å². The lowest BCUT2D eigenvalue weighted by Gasteiger charge is -2.18. The van der Waals surface area contributed by atoms with Gasteiger partial charge in [-0.3, -0.25) is 14.9 Å². The molecular formula is C23H19NO7. The Bertz CT molecular complexity index is 1090. The zero-order valence-electron chi connectivity index (χ0n) is 16.8. The summed E-state index contributed by atoms with van der Waals surface area (Å²) >= 11 is 0. The van der Waals surface area contributed by atoms with Gasteiger partial charge in [0.1, 0.15) is 0 Å². The minimum Gasteiger partial charge on any atom is -0.493 e. The van der Waals surface area contributed by atoms with Crippen LogP contribution in [-0.4, -0.2) is 30.9 Å². The number of esters is 1. The largest absolute Gasteiger partial charge is 0.493 e. The number of hydrogen-bond acceptors (Lipinski definition) is 7. The maximum atomic E-state index is 13.1. The maximum Gasteiger partial charge on any atom is 0.339 e. The highest BCUT2D eigenvalue weighted by Gasteiger charge is 2.27. The van der Waals surface area contributed by atoms with Crippen molar-refractivity contribution in [1.29, 1.82) is 0 Å². The van der Waals surface area contributed by atoms with E-state index in [1.54, 1.807) is 36.4 Å². The van der Waals surface area contributed by atoms with Gasteiger partial charge < -0.3 is 14.2 Å². The van der Waals surface area contributed by atoms with Crippen molar-refractivity contribution >= 4 is 17.4 Å². The molecule has 31 heavy (non-hydrogen) atoms. The van der Waals surface area contributed by atoms with E-state index in [9.17, 15) is 19.7 Å². The molecule has 0 N–H and O–H groups in total. The van der Waals surface area contributed by atoms with Crippen molar-refractivity contribution in [3.8, 4) is 11.5 Å². The number of Topliss-reactive ketones (excluding diaryl/α,β-unsaturated/α-hetero) is 1. The summed E-state index contributed by atoms with van der Waals surface area (Å²) in [5.74, 6) is -0.443. The molecule has 1 atom stereocenters. The van der Waals surface area contributed by atoms with Crippen LogP contribution in [0.15, 0.2) is 72.8 Å². The third-order valence-corrected chi connectivity index (χ3v) is 4.55. The fraction of sp³-hybridized carbons (Fsp3) is 0.130. The quantitative estimate of drug-likeness (QED) is 0.230. The van der Waals surface area contributed by atoms with Gasteiger partial charge in [-0.25, -0.2) is 4.79 Å². The third kappa shape index (κ3) is 4.87. The number of ether oxygens (including phenoxy) is 3. The summed E-state index contributed by atoms with van der Waals surface area (Å²) in [4.78, 5) is 36.3. The standard InChI is InChI=1S/C23H19NO7/c1-29-19-13-10-17(14-20(19)30-2)23(26)31-22(21(25)15-6-4-3-5-7-15)16-8-11-18(12-9-16)24(27)28/h3-14,22H,1-2H3/t22-/m1/s1. The molecule has 0 fully saturated rings. The molecule has 0 heterocycles. The van der Waals surface area contributed by atoms with Crippen LogP contribution in [0.2, 0.25) is 0 Å². The number of ketones is 1. The van der Waals surface area contributed by atoms with Crippen molar-refractivity contribution in [2.24, 2.45) is 0 Å². The molecule has 0 saturated heterocycles. The Morgan fingerprint density at radius 2 is 1.48 bits per heavy atom. The summed E-state index contributed by atoms with van der Waals surface area (Å²) in [6, 6.07) is 18.1. The monoisotopic (exact) mass is 421 g/mol. The average Bonchev–Trinajstić information content (AvgIpc) is 2.82. The molecule has 3 aromatic carbocycles. The molecule has 8 heteroatoms. The SMILES string of the molecule is COc1ccc(C(=O)O[C@@H](C(=O)c2ccccc2)c2ccc([N+](=O)[O-])cc2)cc1OC. The second-order valence-electron chi connectivity index (χ2n) is 6.43. The van der Waals surface area contributed by atoms with Gasteiger partial charge in [0.25, 0.3) is 5.69 Å². The van der Waals surface area contributed by atoms with E-state index >= 15 is 0 Å². The van der Waals surface area contributed by atoms with Crippen LogP contribution in [0.1, 0.15) is 32.4 Å². The molecule has 0 bridgehead atoms. The van der Waals surface area contributed by atoms with Gasteiger partial charge in [-0.05, 0) is 30.3 Å². The first-order valence-electron chi connectivity index (χ1n) is 9.21. The van der Waals surface area contributed by atoms with Crippen LogP contribution in [0.4, 0.5) is 5.69 Å². The lowest BCUT2D eigenvalue weighted by atomic mass is 9.99. The smallest absolute Gasteiger partial charge is 0.339 e. The number of nitrogens with zero attached hydrogens (tertiary/aromatic N) is 1. The summed E-state index contributed by atoms with van der Waals surface area (Å²) < 4.78 is 15.9. The highest BCUT2D eigenvalue weighted by molar-refractivity contribution is 6.02. The van der Waals surface area contributed by atoms with E-state index in [-0.39, 0.29) is 11.3 Å². The number of benzene rings is 3. The van der Waals surface area contributed by atoms with Gasteiger partial charge in [-0.15, -0.1) is 0 Å². The molecule has 0 aliphatic carbocycles. The first-order chi connectivity index (χ1) is 14.9. The number of rotatable bonds is 8. The second kappa shape index (κ2) is 9.53. The molecule has 0 aliphatic rings. The Balaban J connectivity index is 1.95. The summed E-state index contributed by atoms with van der Waals surface area (Å²) in [6.45, 7) is 0. The first kappa shape index (κ1) is 21.5. The van der Waals surface area contributed by atoms with Crippen LogP contribution in [0, 0.1) is 10.1 Å².